The van der Waals surface area contributed by atoms with Gasteiger partial charge in [0.15, 0.2) is 12.4 Å². The van der Waals surface area contributed by atoms with Crippen LogP contribution in [0.1, 0.15) is 23.2 Å². The first kappa shape index (κ1) is 16.7. The summed E-state index contributed by atoms with van der Waals surface area (Å²) in [5, 5.41) is 7.93. The largest absolute Gasteiger partial charge is 0.497 e. The molecule has 0 amide bonds. The molecule has 1 heterocycles. The SMILES string of the molecule is CCc1nnc(-c2ccc(OCC(=O)c3ccc(OC)cc3)cc2)o1. The van der Waals surface area contributed by atoms with Crippen molar-refractivity contribution in [3.63, 3.8) is 0 Å². The van der Waals surface area contributed by atoms with Crippen LogP contribution in [0.15, 0.2) is 52.9 Å². The van der Waals surface area contributed by atoms with E-state index in [0.29, 0.717) is 35.3 Å². The molecule has 0 fully saturated rings. The van der Waals surface area contributed by atoms with E-state index in [1.165, 1.54) is 0 Å². The van der Waals surface area contributed by atoms with Crippen molar-refractivity contribution in [1.82, 2.24) is 10.2 Å². The van der Waals surface area contributed by atoms with Gasteiger partial charge in [-0.1, -0.05) is 6.92 Å². The molecule has 25 heavy (non-hydrogen) atoms. The molecule has 1 aromatic heterocycles. The van der Waals surface area contributed by atoms with Gasteiger partial charge in [-0.15, -0.1) is 10.2 Å². The van der Waals surface area contributed by atoms with Crippen molar-refractivity contribution in [3.8, 4) is 23.0 Å². The third-order valence-electron chi connectivity index (χ3n) is 3.65. The third-order valence-corrected chi connectivity index (χ3v) is 3.65. The van der Waals surface area contributed by atoms with Crippen LogP contribution in [-0.2, 0) is 6.42 Å². The van der Waals surface area contributed by atoms with Gasteiger partial charge in [-0.05, 0) is 48.5 Å². The van der Waals surface area contributed by atoms with E-state index >= 15 is 0 Å². The minimum Gasteiger partial charge on any atom is -0.497 e. The van der Waals surface area contributed by atoms with Gasteiger partial charge in [0.25, 0.3) is 0 Å². The number of benzene rings is 2. The molecule has 3 rings (SSSR count). The lowest BCUT2D eigenvalue weighted by molar-refractivity contribution is 0.0921. The first-order chi connectivity index (χ1) is 12.2. The average Bonchev–Trinajstić information content (AvgIpc) is 3.16. The van der Waals surface area contributed by atoms with Gasteiger partial charge < -0.3 is 13.9 Å². The van der Waals surface area contributed by atoms with Crippen molar-refractivity contribution >= 4 is 5.78 Å². The second kappa shape index (κ2) is 7.61. The van der Waals surface area contributed by atoms with Gasteiger partial charge >= 0.3 is 0 Å². The summed E-state index contributed by atoms with van der Waals surface area (Å²) in [4.78, 5) is 12.1. The fourth-order valence-electron chi connectivity index (χ4n) is 2.22. The van der Waals surface area contributed by atoms with E-state index in [0.717, 1.165) is 5.56 Å². The number of carbonyl (C=O) groups excluding carboxylic acids is 1. The summed E-state index contributed by atoms with van der Waals surface area (Å²) < 4.78 is 16.1. The quantitative estimate of drug-likeness (QED) is 0.613. The minimum atomic E-state index is -0.101. The number of methoxy groups -OCH3 is 1. The smallest absolute Gasteiger partial charge is 0.247 e. The molecular formula is C19H18N2O4. The van der Waals surface area contributed by atoms with Crippen LogP contribution in [-0.4, -0.2) is 29.7 Å². The number of ketones is 1. The predicted molar refractivity (Wildman–Crippen MR) is 91.9 cm³/mol. The molecule has 0 aliphatic heterocycles. The van der Waals surface area contributed by atoms with E-state index in [1.54, 1.807) is 43.5 Å². The Balaban J connectivity index is 1.60. The third kappa shape index (κ3) is 4.03. The summed E-state index contributed by atoms with van der Waals surface area (Å²) in [6.45, 7) is 1.92. The number of carbonyl (C=O) groups is 1. The number of aryl methyl sites for hydroxylation is 1. The summed E-state index contributed by atoms with van der Waals surface area (Å²) >= 11 is 0. The minimum absolute atomic E-state index is 0.0355. The Morgan fingerprint density at radius 3 is 2.28 bits per heavy atom. The Kier molecular flexibility index (Phi) is 5.09. The van der Waals surface area contributed by atoms with Crippen LogP contribution >= 0.6 is 0 Å². The molecule has 0 atom stereocenters. The van der Waals surface area contributed by atoms with Gasteiger partial charge in [0.2, 0.25) is 11.8 Å². The molecule has 0 saturated heterocycles. The number of rotatable bonds is 7. The first-order valence-corrected chi connectivity index (χ1v) is 7.92. The van der Waals surface area contributed by atoms with Crippen LogP contribution in [0.25, 0.3) is 11.5 Å². The van der Waals surface area contributed by atoms with Crippen molar-refractivity contribution in [2.45, 2.75) is 13.3 Å². The molecule has 2 aromatic carbocycles. The zero-order valence-electron chi connectivity index (χ0n) is 14.1. The zero-order chi connectivity index (χ0) is 17.6. The lowest BCUT2D eigenvalue weighted by Gasteiger charge is -2.06. The molecule has 0 aliphatic rings. The van der Waals surface area contributed by atoms with Gasteiger partial charge in [0.1, 0.15) is 11.5 Å². The van der Waals surface area contributed by atoms with Gasteiger partial charge in [-0.3, -0.25) is 4.79 Å². The molecule has 0 saturated carbocycles. The number of ether oxygens (including phenoxy) is 2. The lowest BCUT2D eigenvalue weighted by atomic mass is 10.1. The molecule has 6 heteroatoms. The predicted octanol–water partition coefficient (Wildman–Crippen LogP) is 3.57. The molecule has 0 aliphatic carbocycles. The average molecular weight is 338 g/mol. The summed E-state index contributed by atoms with van der Waals surface area (Å²) in [6, 6.07) is 14.1. The number of nitrogens with zero attached hydrogens (tertiary/aromatic N) is 2. The number of hydrogen-bond donors (Lipinski definition) is 0. The maximum atomic E-state index is 12.1. The molecule has 0 spiro atoms. The first-order valence-electron chi connectivity index (χ1n) is 7.92. The highest BCUT2D eigenvalue weighted by Gasteiger charge is 2.09. The number of hydrogen-bond acceptors (Lipinski definition) is 6. The van der Waals surface area contributed by atoms with E-state index in [4.69, 9.17) is 13.9 Å². The standard InChI is InChI=1S/C19H18N2O4/c1-3-18-20-21-19(25-18)14-6-10-16(11-7-14)24-12-17(22)13-4-8-15(23-2)9-5-13/h4-11H,3,12H2,1-2H3. The summed E-state index contributed by atoms with van der Waals surface area (Å²) in [5.41, 5.74) is 1.39. The summed E-state index contributed by atoms with van der Waals surface area (Å²) in [7, 11) is 1.58. The van der Waals surface area contributed by atoms with E-state index in [-0.39, 0.29) is 12.4 Å². The zero-order valence-corrected chi connectivity index (χ0v) is 14.1. The highest BCUT2D eigenvalue weighted by Crippen LogP contribution is 2.21. The van der Waals surface area contributed by atoms with Crippen LogP contribution in [0.3, 0.4) is 0 Å². The second-order valence-electron chi connectivity index (χ2n) is 5.32. The van der Waals surface area contributed by atoms with Crippen LogP contribution in [0.2, 0.25) is 0 Å². The number of aromatic nitrogens is 2. The van der Waals surface area contributed by atoms with Crippen LogP contribution in [0.4, 0.5) is 0 Å². The molecule has 6 nitrogen and oxygen atoms in total. The topological polar surface area (TPSA) is 74.5 Å². The van der Waals surface area contributed by atoms with Crippen molar-refractivity contribution < 1.29 is 18.7 Å². The number of Topliss-reactive ketones (excluding diaryl/α,β-unsaturated/α-hetero) is 1. The molecule has 128 valence electrons. The van der Waals surface area contributed by atoms with Crippen LogP contribution in [0.5, 0.6) is 11.5 Å². The van der Waals surface area contributed by atoms with E-state index < -0.39 is 0 Å². The maximum absolute atomic E-state index is 12.1. The molecule has 0 bridgehead atoms. The van der Waals surface area contributed by atoms with Gasteiger partial charge in [0.05, 0.1) is 7.11 Å². The normalized spacial score (nSPS) is 10.5. The molecule has 0 unspecified atom stereocenters. The van der Waals surface area contributed by atoms with Crippen LogP contribution < -0.4 is 9.47 Å². The Labute approximate surface area is 145 Å². The molecule has 0 radical (unpaired) electrons. The summed E-state index contributed by atoms with van der Waals surface area (Å²) in [6.07, 6.45) is 0.696. The maximum Gasteiger partial charge on any atom is 0.247 e. The van der Waals surface area contributed by atoms with Gasteiger partial charge in [0, 0.05) is 17.5 Å². The van der Waals surface area contributed by atoms with Crippen molar-refractivity contribution in [2.24, 2.45) is 0 Å². The van der Waals surface area contributed by atoms with Crippen molar-refractivity contribution in [2.75, 3.05) is 13.7 Å². The molecule has 0 N–H and O–H groups in total. The van der Waals surface area contributed by atoms with Gasteiger partial charge in [-0.25, -0.2) is 0 Å². The molecular weight excluding hydrogens is 320 g/mol. The second-order valence-corrected chi connectivity index (χ2v) is 5.32. The summed E-state index contributed by atoms with van der Waals surface area (Å²) in [5.74, 6) is 2.27. The van der Waals surface area contributed by atoms with Gasteiger partial charge in [-0.2, -0.15) is 0 Å². The van der Waals surface area contributed by atoms with E-state index in [9.17, 15) is 4.79 Å². The fraction of sp³-hybridized carbons (Fsp3) is 0.211. The van der Waals surface area contributed by atoms with Crippen molar-refractivity contribution in [1.29, 1.82) is 0 Å². The lowest BCUT2D eigenvalue weighted by Crippen LogP contribution is -2.11. The Hall–Kier alpha value is -3.15. The monoisotopic (exact) mass is 338 g/mol. The van der Waals surface area contributed by atoms with E-state index in [2.05, 4.69) is 10.2 Å². The van der Waals surface area contributed by atoms with Crippen LogP contribution in [0, 0.1) is 0 Å². The Bertz CT molecular complexity index is 839. The Morgan fingerprint density at radius 2 is 1.68 bits per heavy atom. The fourth-order valence-corrected chi connectivity index (χ4v) is 2.22. The molecule has 3 aromatic rings. The highest BCUT2D eigenvalue weighted by atomic mass is 16.5. The highest BCUT2D eigenvalue weighted by molar-refractivity contribution is 5.97. The van der Waals surface area contributed by atoms with Crippen molar-refractivity contribution in [3.05, 3.63) is 60.0 Å². The van der Waals surface area contributed by atoms with E-state index in [1.807, 2.05) is 19.1 Å². The Morgan fingerprint density at radius 1 is 1.00 bits per heavy atom.